The van der Waals surface area contributed by atoms with Gasteiger partial charge in [0, 0.05) is 35.4 Å². The van der Waals surface area contributed by atoms with Gasteiger partial charge in [-0.05, 0) is 24.1 Å². The van der Waals surface area contributed by atoms with Gasteiger partial charge in [-0.2, -0.15) is 0 Å². The van der Waals surface area contributed by atoms with E-state index in [1.807, 2.05) is 11.1 Å². The Morgan fingerprint density at radius 1 is 1.29 bits per heavy atom. The third-order valence-electron chi connectivity index (χ3n) is 3.72. The van der Waals surface area contributed by atoms with Crippen LogP contribution in [0.3, 0.4) is 0 Å². The van der Waals surface area contributed by atoms with Crippen LogP contribution in [0.2, 0.25) is 0 Å². The molecule has 5 nitrogen and oxygen atoms in total. The van der Waals surface area contributed by atoms with Crippen molar-refractivity contribution in [3.63, 3.8) is 0 Å². The number of hydrogen-bond donors (Lipinski definition) is 0. The van der Waals surface area contributed by atoms with Gasteiger partial charge in [-0.15, -0.1) is 11.3 Å². The SMILES string of the molecule is O=C(c1cccnc1)N1CCc2c(sc3ncncc23)C1. The van der Waals surface area contributed by atoms with Gasteiger partial charge >= 0.3 is 0 Å². The van der Waals surface area contributed by atoms with Crippen LogP contribution in [-0.4, -0.2) is 32.3 Å². The Bertz CT molecular complexity index is 815. The van der Waals surface area contributed by atoms with E-state index in [0.29, 0.717) is 12.1 Å². The maximum Gasteiger partial charge on any atom is 0.255 e. The molecular weight excluding hydrogens is 284 g/mol. The number of aromatic nitrogens is 3. The summed E-state index contributed by atoms with van der Waals surface area (Å²) >= 11 is 1.66. The largest absolute Gasteiger partial charge is 0.333 e. The first kappa shape index (κ1) is 12.4. The first-order chi connectivity index (χ1) is 10.3. The van der Waals surface area contributed by atoms with E-state index >= 15 is 0 Å². The van der Waals surface area contributed by atoms with Crippen LogP contribution in [0.4, 0.5) is 0 Å². The highest BCUT2D eigenvalue weighted by atomic mass is 32.1. The van der Waals surface area contributed by atoms with Crippen LogP contribution in [0, 0.1) is 0 Å². The van der Waals surface area contributed by atoms with Gasteiger partial charge in [0.25, 0.3) is 5.91 Å². The molecule has 0 radical (unpaired) electrons. The summed E-state index contributed by atoms with van der Waals surface area (Å²) in [5.74, 6) is 0.0392. The number of rotatable bonds is 1. The second-order valence-corrected chi connectivity index (χ2v) is 6.05. The molecule has 21 heavy (non-hydrogen) atoms. The average molecular weight is 296 g/mol. The number of carbonyl (C=O) groups is 1. The summed E-state index contributed by atoms with van der Waals surface area (Å²) in [7, 11) is 0. The molecule has 4 heterocycles. The van der Waals surface area contributed by atoms with E-state index < -0.39 is 0 Å². The number of hydrogen-bond acceptors (Lipinski definition) is 5. The zero-order valence-corrected chi connectivity index (χ0v) is 12.0. The van der Waals surface area contributed by atoms with E-state index in [1.54, 1.807) is 42.2 Å². The molecule has 0 aromatic carbocycles. The first-order valence-electron chi connectivity index (χ1n) is 6.72. The highest BCUT2D eigenvalue weighted by molar-refractivity contribution is 7.18. The molecule has 0 saturated heterocycles. The average Bonchev–Trinajstić information content (AvgIpc) is 2.92. The molecule has 1 amide bonds. The lowest BCUT2D eigenvalue weighted by molar-refractivity contribution is 0.0737. The number of carbonyl (C=O) groups excluding carboxylic acids is 1. The van der Waals surface area contributed by atoms with E-state index in [4.69, 9.17) is 0 Å². The minimum atomic E-state index is 0.0392. The number of thiophene rings is 1. The van der Waals surface area contributed by atoms with Gasteiger partial charge in [0.05, 0.1) is 12.1 Å². The summed E-state index contributed by atoms with van der Waals surface area (Å²) in [6, 6.07) is 3.60. The molecule has 0 fully saturated rings. The minimum absolute atomic E-state index is 0.0392. The third-order valence-corrected chi connectivity index (χ3v) is 4.86. The van der Waals surface area contributed by atoms with Gasteiger partial charge in [-0.1, -0.05) is 0 Å². The minimum Gasteiger partial charge on any atom is -0.333 e. The fraction of sp³-hybridized carbons (Fsp3) is 0.200. The Hall–Kier alpha value is -2.34. The second-order valence-electron chi connectivity index (χ2n) is 4.96. The molecule has 0 saturated carbocycles. The van der Waals surface area contributed by atoms with Crippen LogP contribution < -0.4 is 0 Å². The van der Waals surface area contributed by atoms with Gasteiger partial charge in [-0.3, -0.25) is 9.78 Å². The van der Waals surface area contributed by atoms with Crippen LogP contribution in [0.25, 0.3) is 10.2 Å². The van der Waals surface area contributed by atoms with Crippen LogP contribution in [0.15, 0.2) is 37.1 Å². The molecule has 0 unspecified atom stereocenters. The fourth-order valence-electron chi connectivity index (χ4n) is 2.68. The summed E-state index contributed by atoms with van der Waals surface area (Å²) in [5, 5.41) is 1.13. The summed E-state index contributed by atoms with van der Waals surface area (Å²) in [6.07, 6.45) is 7.60. The number of nitrogens with zero attached hydrogens (tertiary/aromatic N) is 4. The monoisotopic (exact) mass is 296 g/mol. The normalized spacial score (nSPS) is 14.2. The smallest absolute Gasteiger partial charge is 0.255 e. The quantitative estimate of drug-likeness (QED) is 0.691. The molecule has 6 heteroatoms. The Balaban J connectivity index is 1.66. The molecule has 4 rings (SSSR count). The Morgan fingerprint density at radius 2 is 2.24 bits per heavy atom. The van der Waals surface area contributed by atoms with E-state index in [1.165, 1.54) is 10.4 Å². The number of pyridine rings is 1. The Morgan fingerprint density at radius 3 is 3.10 bits per heavy atom. The van der Waals surface area contributed by atoms with Crippen molar-refractivity contribution in [3.05, 3.63) is 53.1 Å². The summed E-state index contributed by atoms with van der Waals surface area (Å²) in [6.45, 7) is 1.37. The lowest BCUT2D eigenvalue weighted by atomic mass is 10.0. The van der Waals surface area contributed by atoms with E-state index in [0.717, 1.165) is 23.2 Å². The topological polar surface area (TPSA) is 59.0 Å². The van der Waals surface area contributed by atoms with Crippen molar-refractivity contribution in [1.82, 2.24) is 19.9 Å². The molecule has 3 aromatic heterocycles. The molecule has 0 spiro atoms. The highest BCUT2D eigenvalue weighted by Gasteiger charge is 2.25. The van der Waals surface area contributed by atoms with Crippen molar-refractivity contribution in [1.29, 1.82) is 0 Å². The standard InChI is InChI=1S/C15H12N4OS/c20-15(10-2-1-4-16-6-10)19-5-3-11-12-7-17-9-18-14(12)21-13(11)8-19/h1-2,4,6-7,9H,3,5,8H2. The Labute approximate surface area is 125 Å². The summed E-state index contributed by atoms with van der Waals surface area (Å²) in [4.78, 5) is 29.0. The van der Waals surface area contributed by atoms with Crippen LogP contribution >= 0.6 is 11.3 Å². The predicted octanol–water partition coefficient (Wildman–Crippen LogP) is 2.28. The van der Waals surface area contributed by atoms with Gasteiger partial charge in [-0.25, -0.2) is 9.97 Å². The number of amides is 1. The predicted molar refractivity (Wildman–Crippen MR) is 80.1 cm³/mol. The molecule has 1 aliphatic heterocycles. The molecule has 0 aliphatic carbocycles. The van der Waals surface area contributed by atoms with Gasteiger partial charge in [0.2, 0.25) is 0 Å². The zero-order valence-electron chi connectivity index (χ0n) is 11.2. The first-order valence-corrected chi connectivity index (χ1v) is 7.54. The molecular formula is C15H12N4OS. The van der Waals surface area contributed by atoms with Crippen molar-refractivity contribution in [2.45, 2.75) is 13.0 Å². The van der Waals surface area contributed by atoms with E-state index in [-0.39, 0.29) is 5.91 Å². The summed E-state index contributed by atoms with van der Waals surface area (Å²) < 4.78 is 0. The van der Waals surface area contributed by atoms with Crippen molar-refractivity contribution in [2.24, 2.45) is 0 Å². The van der Waals surface area contributed by atoms with Gasteiger partial charge in [0.15, 0.2) is 0 Å². The third kappa shape index (κ3) is 2.08. The zero-order chi connectivity index (χ0) is 14.2. The van der Waals surface area contributed by atoms with Crippen LogP contribution in [0.1, 0.15) is 20.8 Å². The van der Waals surface area contributed by atoms with Crippen molar-refractivity contribution in [3.8, 4) is 0 Å². The van der Waals surface area contributed by atoms with Crippen LogP contribution in [-0.2, 0) is 13.0 Å². The van der Waals surface area contributed by atoms with E-state index in [2.05, 4.69) is 15.0 Å². The maximum atomic E-state index is 12.5. The van der Waals surface area contributed by atoms with Crippen molar-refractivity contribution in [2.75, 3.05) is 6.54 Å². The summed E-state index contributed by atoms with van der Waals surface area (Å²) in [5.41, 5.74) is 1.94. The van der Waals surface area contributed by atoms with Crippen molar-refractivity contribution >= 4 is 27.5 Å². The van der Waals surface area contributed by atoms with Gasteiger partial charge < -0.3 is 4.90 Å². The molecule has 0 atom stereocenters. The van der Waals surface area contributed by atoms with E-state index in [9.17, 15) is 4.79 Å². The second kappa shape index (κ2) is 4.89. The maximum absolute atomic E-state index is 12.5. The fourth-order valence-corrected chi connectivity index (χ4v) is 3.86. The lowest BCUT2D eigenvalue weighted by Gasteiger charge is -2.26. The van der Waals surface area contributed by atoms with Crippen LogP contribution in [0.5, 0.6) is 0 Å². The molecule has 3 aromatic rings. The lowest BCUT2D eigenvalue weighted by Crippen LogP contribution is -2.35. The Kier molecular flexibility index (Phi) is 2.89. The molecule has 0 N–H and O–H groups in total. The molecule has 0 bridgehead atoms. The van der Waals surface area contributed by atoms with Crippen molar-refractivity contribution < 1.29 is 4.79 Å². The molecule has 1 aliphatic rings. The highest BCUT2D eigenvalue weighted by Crippen LogP contribution is 2.33. The van der Waals surface area contributed by atoms with Gasteiger partial charge in [0.1, 0.15) is 11.2 Å². The molecule has 104 valence electrons. The number of fused-ring (bicyclic) bond motifs is 3.